The van der Waals surface area contributed by atoms with Crippen LogP contribution in [0.2, 0.25) is 0 Å². The highest BCUT2D eigenvalue weighted by Crippen LogP contribution is 2.62. The van der Waals surface area contributed by atoms with E-state index in [4.69, 9.17) is 4.74 Å². The second-order valence-electron chi connectivity index (χ2n) is 10.4. The standard InChI is InChI=1S/C22H35BrO2/c1-13(2)18-6-14(3)4-5-19(18)25-21(24)20(23)22-10-15-7-16(11-22)9-17(8-15)12-22/h13-20H,4-12H2,1-3H3/t14-,15?,16?,17?,18+,19+,20+,22?/m1/s1. The summed E-state index contributed by atoms with van der Waals surface area (Å²) in [5, 5.41) is 0. The molecule has 0 amide bonds. The van der Waals surface area contributed by atoms with Crippen molar-refractivity contribution in [2.75, 3.05) is 0 Å². The van der Waals surface area contributed by atoms with Gasteiger partial charge in [-0.05, 0) is 98.7 Å². The number of ether oxygens (including phenoxy) is 1. The maximum Gasteiger partial charge on any atom is 0.320 e. The van der Waals surface area contributed by atoms with Crippen molar-refractivity contribution < 1.29 is 9.53 Å². The molecule has 0 N–H and O–H groups in total. The number of alkyl halides is 1. The molecule has 4 atom stereocenters. The lowest BCUT2D eigenvalue weighted by atomic mass is 9.49. The van der Waals surface area contributed by atoms with Crippen molar-refractivity contribution in [3.8, 4) is 0 Å². The Hall–Kier alpha value is -0.0500. The minimum absolute atomic E-state index is 0.0483. The summed E-state index contributed by atoms with van der Waals surface area (Å²) in [7, 11) is 0. The van der Waals surface area contributed by atoms with Gasteiger partial charge in [0.2, 0.25) is 0 Å². The van der Waals surface area contributed by atoms with Crippen molar-refractivity contribution in [1.82, 2.24) is 0 Å². The van der Waals surface area contributed by atoms with Crippen molar-refractivity contribution in [3.05, 3.63) is 0 Å². The fourth-order valence-corrected chi connectivity index (χ4v) is 7.86. The van der Waals surface area contributed by atoms with E-state index in [1.54, 1.807) is 0 Å². The number of hydrogen-bond acceptors (Lipinski definition) is 2. The molecule has 0 heterocycles. The Morgan fingerprint density at radius 1 is 1.00 bits per heavy atom. The lowest BCUT2D eigenvalue weighted by Crippen LogP contribution is -2.53. The van der Waals surface area contributed by atoms with E-state index < -0.39 is 0 Å². The normalized spacial score (nSPS) is 47.1. The topological polar surface area (TPSA) is 26.3 Å². The molecule has 142 valence electrons. The van der Waals surface area contributed by atoms with E-state index in [9.17, 15) is 4.79 Å². The van der Waals surface area contributed by atoms with E-state index in [2.05, 4.69) is 36.7 Å². The van der Waals surface area contributed by atoms with Gasteiger partial charge in [-0.25, -0.2) is 0 Å². The van der Waals surface area contributed by atoms with E-state index in [1.807, 2.05) is 0 Å². The van der Waals surface area contributed by atoms with Crippen LogP contribution in [0.25, 0.3) is 0 Å². The van der Waals surface area contributed by atoms with Gasteiger partial charge in [-0.3, -0.25) is 4.79 Å². The van der Waals surface area contributed by atoms with Crippen LogP contribution in [0.5, 0.6) is 0 Å². The fraction of sp³-hybridized carbons (Fsp3) is 0.955. The first-order valence-corrected chi connectivity index (χ1v) is 11.6. The SMILES string of the molecule is CC(C)[C@@H]1C[C@H](C)CC[C@@H]1OC(=O)[C@H](Br)C12CC3CC(CC(C3)C1)C2. The first-order chi connectivity index (χ1) is 11.9. The predicted octanol–water partition coefficient (Wildman–Crippen LogP) is 5.97. The highest BCUT2D eigenvalue weighted by atomic mass is 79.9. The smallest absolute Gasteiger partial charge is 0.320 e. The van der Waals surface area contributed by atoms with Gasteiger partial charge in [0.1, 0.15) is 10.9 Å². The van der Waals surface area contributed by atoms with Gasteiger partial charge in [-0.15, -0.1) is 0 Å². The zero-order chi connectivity index (χ0) is 17.8. The number of halogens is 1. The summed E-state index contributed by atoms with van der Waals surface area (Å²) in [4.78, 5) is 13.0. The quantitative estimate of drug-likeness (QED) is 0.421. The Kier molecular flexibility index (Phi) is 5.01. The summed E-state index contributed by atoms with van der Waals surface area (Å²) < 4.78 is 6.18. The largest absolute Gasteiger partial charge is 0.461 e. The molecular weight excluding hydrogens is 376 g/mol. The van der Waals surface area contributed by atoms with Crippen LogP contribution in [0.3, 0.4) is 0 Å². The summed E-state index contributed by atoms with van der Waals surface area (Å²) in [6.07, 6.45) is 11.6. The third-order valence-electron chi connectivity index (χ3n) is 8.05. The molecule has 0 aromatic heterocycles. The third kappa shape index (κ3) is 3.44. The molecule has 5 aliphatic carbocycles. The van der Waals surface area contributed by atoms with Gasteiger partial charge in [0.15, 0.2) is 0 Å². The van der Waals surface area contributed by atoms with Crippen LogP contribution >= 0.6 is 15.9 Å². The van der Waals surface area contributed by atoms with Crippen molar-refractivity contribution >= 4 is 21.9 Å². The zero-order valence-electron chi connectivity index (χ0n) is 16.2. The Morgan fingerprint density at radius 3 is 2.08 bits per heavy atom. The fourth-order valence-electron chi connectivity index (χ4n) is 7.19. The number of esters is 1. The van der Waals surface area contributed by atoms with E-state index in [0.717, 1.165) is 30.1 Å². The average molecular weight is 411 g/mol. The highest BCUT2D eigenvalue weighted by molar-refractivity contribution is 9.10. The molecule has 25 heavy (non-hydrogen) atoms. The second kappa shape index (κ2) is 6.84. The molecule has 2 nitrogen and oxygen atoms in total. The Morgan fingerprint density at radius 2 is 1.56 bits per heavy atom. The molecule has 0 aliphatic heterocycles. The lowest BCUT2D eigenvalue weighted by Gasteiger charge is -2.58. The number of carbonyl (C=O) groups excluding carboxylic acids is 1. The van der Waals surface area contributed by atoms with Crippen LogP contribution in [-0.2, 0) is 9.53 Å². The van der Waals surface area contributed by atoms with Gasteiger partial charge in [-0.2, -0.15) is 0 Å². The molecule has 0 spiro atoms. The van der Waals surface area contributed by atoms with Crippen LogP contribution in [0.1, 0.15) is 78.6 Å². The first-order valence-electron chi connectivity index (χ1n) is 10.7. The van der Waals surface area contributed by atoms with Gasteiger partial charge in [-0.1, -0.05) is 36.7 Å². The molecule has 0 aromatic carbocycles. The minimum atomic E-state index is -0.0828. The van der Waals surface area contributed by atoms with Crippen LogP contribution in [0.4, 0.5) is 0 Å². The average Bonchev–Trinajstić information content (AvgIpc) is 2.54. The zero-order valence-corrected chi connectivity index (χ0v) is 17.8. The molecule has 5 fully saturated rings. The molecular formula is C22H35BrO2. The molecule has 5 saturated carbocycles. The van der Waals surface area contributed by atoms with Gasteiger partial charge in [0.05, 0.1) is 0 Å². The van der Waals surface area contributed by atoms with Crippen LogP contribution in [-0.4, -0.2) is 16.9 Å². The Balaban J connectivity index is 1.44. The van der Waals surface area contributed by atoms with E-state index in [0.29, 0.717) is 11.8 Å². The Bertz CT molecular complexity index is 479. The van der Waals surface area contributed by atoms with E-state index >= 15 is 0 Å². The lowest BCUT2D eigenvalue weighted by molar-refractivity contribution is -0.161. The van der Waals surface area contributed by atoms with Gasteiger partial charge >= 0.3 is 5.97 Å². The predicted molar refractivity (Wildman–Crippen MR) is 105 cm³/mol. The molecule has 0 radical (unpaired) electrons. The van der Waals surface area contributed by atoms with Gasteiger partial charge < -0.3 is 4.74 Å². The molecule has 5 aliphatic rings. The number of rotatable bonds is 4. The maximum atomic E-state index is 13.1. The van der Waals surface area contributed by atoms with Crippen LogP contribution in [0.15, 0.2) is 0 Å². The van der Waals surface area contributed by atoms with E-state index in [1.165, 1.54) is 51.4 Å². The molecule has 3 heteroatoms. The summed E-state index contributed by atoms with van der Waals surface area (Å²) in [5.41, 5.74) is 0.196. The van der Waals surface area contributed by atoms with Crippen molar-refractivity contribution in [2.24, 2.45) is 40.9 Å². The summed E-state index contributed by atoms with van der Waals surface area (Å²) in [6.45, 7) is 6.92. The number of carbonyl (C=O) groups is 1. The second-order valence-corrected chi connectivity index (χ2v) is 11.4. The van der Waals surface area contributed by atoms with Gasteiger partial charge in [0.25, 0.3) is 0 Å². The summed E-state index contributed by atoms with van der Waals surface area (Å²) in [6, 6.07) is 0. The molecule has 0 aromatic rings. The summed E-state index contributed by atoms with van der Waals surface area (Å²) >= 11 is 3.85. The first kappa shape index (κ1) is 18.3. The van der Waals surface area contributed by atoms with Crippen LogP contribution < -0.4 is 0 Å². The Labute approximate surface area is 162 Å². The highest BCUT2D eigenvalue weighted by Gasteiger charge is 2.56. The van der Waals surface area contributed by atoms with Gasteiger partial charge in [0, 0.05) is 0 Å². The maximum absolute atomic E-state index is 13.1. The minimum Gasteiger partial charge on any atom is -0.461 e. The van der Waals surface area contributed by atoms with E-state index in [-0.39, 0.29) is 22.3 Å². The molecule has 0 unspecified atom stereocenters. The molecule has 5 rings (SSSR count). The summed E-state index contributed by atoms with van der Waals surface area (Å²) in [5.74, 6) is 4.56. The van der Waals surface area contributed by atoms with Crippen molar-refractivity contribution in [3.63, 3.8) is 0 Å². The molecule has 0 saturated heterocycles. The number of hydrogen-bond donors (Lipinski definition) is 0. The van der Waals surface area contributed by atoms with Crippen molar-refractivity contribution in [2.45, 2.75) is 89.5 Å². The monoisotopic (exact) mass is 410 g/mol. The molecule has 4 bridgehead atoms. The van der Waals surface area contributed by atoms with Crippen molar-refractivity contribution in [1.29, 1.82) is 0 Å². The third-order valence-corrected chi connectivity index (χ3v) is 9.40. The van der Waals surface area contributed by atoms with Crippen LogP contribution in [0, 0.1) is 40.9 Å².